The van der Waals surface area contributed by atoms with E-state index in [-0.39, 0.29) is 17.4 Å². The predicted octanol–water partition coefficient (Wildman–Crippen LogP) is 1.57. The van der Waals surface area contributed by atoms with Crippen LogP contribution in [0.4, 0.5) is 0 Å². The first-order chi connectivity index (χ1) is 10.0. The molecule has 21 heavy (non-hydrogen) atoms. The minimum Gasteiger partial charge on any atom is -0.502 e. The van der Waals surface area contributed by atoms with Crippen LogP contribution in [0.5, 0.6) is 23.1 Å². The molecule has 0 unspecified atom stereocenters. The molecule has 0 aliphatic rings. The highest BCUT2D eigenvalue weighted by Gasteiger charge is 2.12. The lowest BCUT2D eigenvalue weighted by atomic mass is 10.1. The van der Waals surface area contributed by atoms with E-state index in [0.717, 1.165) is 5.56 Å². The molecule has 114 valence electrons. The van der Waals surface area contributed by atoms with E-state index in [2.05, 4.69) is 4.98 Å². The van der Waals surface area contributed by atoms with E-state index in [4.69, 9.17) is 13.9 Å². The summed E-state index contributed by atoms with van der Waals surface area (Å²) in [4.78, 5) is 13.1. The second-order valence-electron chi connectivity index (χ2n) is 4.49. The number of rotatable bonds is 6. The molecule has 2 aromatic rings. The van der Waals surface area contributed by atoms with Crippen LogP contribution in [0, 0.1) is 0 Å². The number of nitrogens with one attached hydrogen (secondary N) is 1. The summed E-state index contributed by atoms with van der Waals surface area (Å²) in [5.74, 6) is -0.0483. The molecule has 1 aromatic heterocycles. The number of phenols is 1. The number of ether oxygens (including phenoxy) is 2. The average Bonchev–Trinajstić information content (AvgIpc) is 2.78. The van der Waals surface area contributed by atoms with Crippen LogP contribution >= 0.6 is 0 Å². The Morgan fingerprint density at radius 1 is 1.14 bits per heavy atom. The highest BCUT2D eigenvalue weighted by molar-refractivity contribution is 5.52. The summed E-state index contributed by atoms with van der Waals surface area (Å²) in [6.07, 6.45) is 1.70. The second-order valence-corrected chi connectivity index (χ2v) is 4.49. The first-order valence-corrected chi connectivity index (χ1v) is 6.40. The number of aryl methyl sites for hydroxylation is 2. The summed E-state index contributed by atoms with van der Waals surface area (Å²) in [6.45, 7) is 0. The van der Waals surface area contributed by atoms with Gasteiger partial charge in [0.2, 0.25) is 11.6 Å². The smallest absolute Gasteiger partial charge is 0.419 e. The highest BCUT2D eigenvalue weighted by Crippen LogP contribution is 2.37. The van der Waals surface area contributed by atoms with Crippen molar-refractivity contribution in [1.29, 1.82) is 0 Å². The van der Waals surface area contributed by atoms with E-state index in [1.165, 1.54) is 14.2 Å². The highest BCUT2D eigenvalue weighted by atomic mass is 16.5. The minimum atomic E-state index is -0.671. The van der Waals surface area contributed by atoms with Gasteiger partial charge in [0, 0.05) is 6.42 Å². The summed E-state index contributed by atoms with van der Waals surface area (Å²) in [6, 6.07) is 3.43. The minimum absolute atomic E-state index is 0.0435. The Morgan fingerprint density at radius 2 is 1.76 bits per heavy atom. The van der Waals surface area contributed by atoms with Gasteiger partial charge in [0.15, 0.2) is 17.3 Å². The molecular weight excluding hydrogens is 278 g/mol. The van der Waals surface area contributed by atoms with Crippen molar-refractivity contribution in [3.63, 3.8) is 0 Å². The zero-order valence-corrected chi connectivity index (χ0v) is 11.8. The Balaban J connectivity index is 2.06. The van der Waals surface area contributed by atoms with Crippen molar-refractivity contribution in [2.75, 3.05) is 14.2 Å². The number of aromatic amines is 1. The van der Waals surface area contributed by atoms with Crippen molar-refractivity contribution < 1.29 is 24.1 Å². The number of H-pyrrole nitrogens is 1. The van der Waals surface area contributed by atoms with Gasteiger partial charge in [0.1, 0.15) is 0 Å². The van der Waals surface area contributed by atoms with Gasteiger partial charge in [-0.3, -0.25) is 4.98 Å². The average molecular weight is 295 g/mol. The maximum atomic E-state index is 10.9. The van der Waals surface area contributed by atoms with E-state index in [1.54, 1.807) is 12.1 Å². The molecule has 7 heteroatoms. The van der Waals surface area contributed by atoms with Crippen LogP contribution in [0.15, 0.2) is 21.3 Å². The number of aromatic hydroxyl groups is 2. The van der Waals surface area contributed by atoms with Crippen molar-refractivity contribution >= 4 is 0 Å². The Bertz CT molecular complexity index is 647. The Labute approximate surface area is 120 Å². The number of hydrogen-bond acceptors (Lipinski definition) is 6. The molecule has 3 N–H and O–H groups in total. The van der Waals surface area contributed by atoms with E-state index in [1.807, 2.05) is 0 Å². The molecule has 1 aromatic carbocycles. The maximum absolute atomic E-state index is 10.9. The van der Waals surface area contributed by atoms with Crippen molar-refractivity contribution in [1.82, 2.24) is 4.98 Å². The summed E-state index contributed by atoms with van der Waals surface area (Å²) >= 11 is 0. The van der Waals surface area contributed by atoms with Gasteiger partial charge in [-0.2, -0.15) is 0 Å². The van der Waals surface area contributed by atoms with Crippen LogP contribution in [0.1, 0.15) is 17.7 Å². The van der Waals surface area contributed by atoms with E-state index >= 15 is 0 Å². The van der Waals surface area contributed by atoms with Gasteiger partial charge in [-0.1, -0.05) is 0 Å². The number of oxazole rings is 1. The number of methoxy groups -OCH3 is 2. The van der Waals surface area contributed by atoms with Gasteiger partial charge in [0.05, 0.1) is 14.2 Å². The van der Waals surface area contributed by atoms with Gasteiger partial charge < -0.3 is 24.1 Å². The fourth-order valence-corrected chi connectivity index (χ4v) is 2.07. The van der Waals surface area contributed by atoms with Gasteiger partial charge in [-0.25, -0.2) is 4.79 Å². The number of aromatic nitrogens is 1. The maximum Gasteiger partial charge on any atom is 0.419 e. The van der Waals surface area contributed by atoms with Crippen molar-refractivity contribution in [3.05, 3.63) is 34.0 Å². The third-order valence-corrected chi connectivity index (χ3v) is 3.11. The molecule has 0 aliphatic heterocycles. The number of hydrogen-bond donors (Lipinski definition) is 3. The lowest BCUT2D eigenvalue weighted by Gasteiger charge is -2.11. The van der Waals surface area contributed by atoms with E-state index in [9.17, 15) is 15.0 Å². The molecule has 0 aliphatic carbocycles. The van der Waals surface area contributed by atoms with Crippen molar-refractivity contribution in [3.8, 4) is 23.1 Å². The van der Waals surface area contributed by atoms with Crippen molar-refractivity contribution in [2.45, 2.75) is 19.3 Å². The van der Waals surface area contributed by atoms with Crippen LogP contribution in [-0.2, 0) is 12.8 Å². The SMILES string of the molecule is COc1cc(CCCc2oc(=O)[nH]c2O)cc(OC)c1O. The van der Waals surface area contributed by atoms with Crippen LogP contribution in [0.25, 0.3) is 0 Å². The molecule has 0 fully saturated rings. The summed E-state index contributed by atoms with van der Waals surface area (Å²) < 4.78 is 15.0. The molecule has 0 atom stereocenters. The molecule has 7 nitrogen and oxygen atoms in total. The third kappa shape index (κ3) is 3.31. The Hall–Kier alpha value is -2.57. The van der Waals surface area contributed by atoms with Gasteiger partial charge in [-0.05, 0) is 30.5 Å². The Kier molecular flexibility index (Phi) is 4.42. The van der Waals surface area contributed by atoms with Crippen LogP contribution in [-0.4, -0.2) is 29.4 Å². The van der Waals surface area contributed by atoms with Crippen LogP contribution < -0.4 is 15.2 Å². The summed E-state index contributed by atoms with van der Waals surface area (Å²) in [5, 5.41) is 19.2. The normalized spacial score (nSPS) is 10.6. The first kappa shape index (κ1) is 14.8. The van der Waals surface area contributed by atoms with Crippen molar-refractivity contribution in [2.24, 2.45) is 0 Å². The standard InChI is InChI=1S/C14H17NO6/c1-19-10-6-8(7-11(20-2)12(10)16)4-3-5-9-13(17)15-14(18)21-9/h6-7,16-17H,3-5H2,1-2H3,(H,15,18). The Morgan fingerprint density at radius 3 is 2.24 bits per heavy atom. The van der Waals surface area contributed by atoms with E-state index in [0.29, 0.717) is 30.8 Å². The largest absolute Gasteiger partial charge is 0.502 e. The van der Waals surface area contributed by atoms with Crippen LogP contribution in [0.3, 0.4) is 0 Å². The van der Waals surface area contributed by atoms with Gasteiger partial charge in [0.25, 0.3) is 0 Å². The molecule has 0 spiro atoms. The topological polar surface area (TPSA) is 105 Å². The quantitative estimate of drug-likeness (QED) is 0.747. The first-order valence-electron chi connectivity index (χ1n) is 6.40. The second kappa shape index (κ2) is 6.25. The monoisotopic (exact) mass is 295 g/mol. The lowest BCUT2D eigenvalue weighted by molar-refractivity contribution is 0.339. The van der Waals surface area contributed by atoms with E-state index < -0.39 is 5.76 Å². The van der Waals surface area contributed by atoms with Gasteiger partial charge in [-0.15, -0.1) is 0 Å². The summed E-state index contributed by atoms with van der Waals surface area (Å²) in [5.41, 5.74) is 0.902. The molecule has 2 rings (SSSR count). The molecule has 0 amide bonds. The van der Waals surface area contributed by atoms with Gasteiger partial charge >= 0.3 is 5.76 Å². The predicted molar refractivity (Wildman–Crippen MR) is 74.2 cm³/mol. The third-order valence-electron chi connectivity index (χ3n) is 3.11. The molecule has 0 saturated heterocycles. The zero-order valence-electron chi connectivity index (χ0n) is 11.8. The fourth-order valence-electron chi connectivity index (χ4n) is 2.07. The number of benzene rings is 1. The molecule has 1 heterocycles. The fraction of sp³-hybridized carbons (Fsp3) is 0.357. The van der Waals surface area contributed by atoms with Crippen LogP contribution in [0.2, 0.25) is 0 Å². The lowest BCUT2D eigenvalue weighted by Crippen LogP contribution is -1.95. The molecule has 0 bridgehead atoms. The number of phenolic OH excluding ortho intramolecular Hbond substituents is 1. The molecule has 0 saturated carbocycles. The zero-order chi connectivity index (χ0) is 15.4. The molecular formula is C14H17NO6. The summed E-state index contributed by atoms with van der Waals surface area (Å²) in [7, 11) is 2.93. The molecule has 0 radical (unpaired) electrons.